The molecule has 0 bridgehead atoms. The first-order valence-electron chi connectivity index (χ1n) is 11.1. The van der Waals surface area contributed by atoms with Crippen LogP contribution < -0.4 is 15.7 Å². The highest BCUT2D eigenvalue weighted by atomic mass is 16.5. The van der Waals surface area contributed by atoms with Crippen LogP contribution in [0.5, 0.6) is 11.5 Å². The average molecular weight is 465 g/mol. The number of hydrogen-bond donors (Lipinski definition) is 1. The highest BCUT2D eigenvalue weighted by Crippen LogP contribution is 2.45. The second-order valence-electron chi connectivity index (χ2n) is 8.61. The van der Waals surface area contributed by atoms with Crippen molar-refractivity contribution < 1.29 is 19.1 Å². The number of para-hydroxylation sites is 1. The number of esters is 1. The Labute approximate surface area is 198 Å². The molecule has 1 aliphatic heterocycles. The molecule has 1 unspecified atom stereocenters. The first-order valence-corrected chi connectivity index (χ1v) is 11.1. The number of aromatic nitrogens is 1. The van der Waals surface area contributed by atoms with Crippen molar-refractivity contribution in [3.8, 4) is 22.8 Å². The van der Waals surface area contributed by atoms with Gasteiger partial charge in [0.2, 0.25) is 0 Å². The Morgan fingerprint density at radius 3 is 2.49 bits per heavy atom. The third kappa shape index (κ3) is 3.24. The van der Waals surface area contributed by atoms with Gasteiger partial charge in [0.05, 0.1) is 11.9 Å². The Hall–Kier alpha value is -4.65. The standard InChI is InChI=1S/C28H19NO6/c1-29-19-10-6-5-9-16(19)11-18(28(29)33)17-12-24(32)34-23-14-21(31)26-20(30)13-22(35-27(26)25(17)23)15-7-3-2-4-8-15/h2-11,13-14,17,31H,12H2,1H3. The van der Waals surface area contributed by atoms with Gasteiger partial charge in [-0.2, -0.15) is 0 Å². The number of hydrogen-bond acceptors (Lipinski definition) is 6. The SMILES string of the molecule is Cn1c(=O)c(C2CC(=O)Oc3cc(O)c4c(=O)cc(-c5ccccc5)oc4c32)cc2ccccc21. The second kappa shape index (κ2) is 7.70. The summed E-state index contributed by atoms with van der Waals surface area (Å²) in [6.07, 6.45) is -0.111. The fraction of sp³-hybridized carbons (Fsp3) is 0.107. The van der Waals surface area contributed by atoms with E-state index in [1.54, 1.807) is 29.8 Å². The van der Waals surface area contributed by atoms with Crippen LogP contribution in [0, 0.1) is 0 Å². The van der Waals surface area contributed by atoms with Gasteiger partial charge in [-0.25, -0.2) is 0 Å². The van der Waals surface area contributed by atoms with E-state index in [1.165, 1.54) is 12.1 Å². The number of fused-ring (bicyclic) bond motifs is 4. The number of pyridine rings is 1. The van der Waals surface area contributed by atoms with Gasteiger partial charge in [-0.1, -0.05) is 48.5 Å². The molecule has 3 heterocycles. The number of phenols is 1. The summed E-state index contributed by atoms with van der Waals surface area (Å²) in [6.45, 7) is 0. The van der Waals surface area contributed by atoms with Gasteiger partial charge >= 0.3 is 5.97 Å². The molecular formula is C28H19NO6. The van der Waals surface area contributed by atoms with Gasteiger partial charge in [0.15, 0.2) is 5.43 Å². The van der Waals surface area contributed by atoms with Gasteiger partial charge in [-0.05, 0) is 17.5 Å². The summed E-state index contributed by atoms with van der Waals surface area (Å²) in [6, 6.07) is 20.9. The predicted molar refractivity (Wildman–Crippen MR) is 131 cm³/mol. The molecule has 0 spiro atoms. The van der Waals surface area contributed by atoms with Crippen LogP contribution in [0.1, 0.15) is 23.5 Å². The number of carbonyl (C=O) groups is 1. The van der Waals surface area contributed by atoms with E-state index in [0.29, 0.717) is 22.5 Å². The number of nitrogens with zero attached hydrogens (tertiary/aromatic N) is 1. The summed E-state index contributed by atoms with van der Waals surface area (Å²) in [5.41, 5.74) is 1.59. The third-order valence-corrected chi connectivity index (χ3v) is 6.52. The fourth-order valence-electron chi connectivity index (χ4n) is 4.87. The largest absolute Gasteiger partial charge is 0.507 e. The first-order chi connectivity index (χ1) is 16.9. The number of aromatic hydroxyl groups is 1. The third-order valence-electron chi connectivity index (χ3n) is 6.52. The number of aryl methyl sites for hydroxylation is 1. The highest BCUT2D eigenvalue weighted by molar-refractivity contribution is 5.93. The molecule has 172 valence electrons. The number of benzene rings is 3. The maximum absolute atomic E-state index is 13.4. The van der Waals surface area contributed by atoms with E-state index >= 15 is 0 Å². The molecule has 3 aromatic carbocycles. The average Bonchev–Trinajstić information content (AvgIpc) is 2.85. The number of rotatable bonds is 2. The lowest BCUT2D eigenvalue weighted by Gasteiger charge is -2.26. The van der Waals surface area contributed by atoms with E-state index in [0.717, 1.165) is 10.9 Å². The van der Waals surface area contributed by atoms with E-state index in [2.05, 4.69) is 0 Å². The molecule has 7 heteroatoms. The van der Waals surface area contributed by atoms with E-state index in [-0.39, 0.29) is 34.4 Å². The Kier molecular flexibility index (Phi) is 4.60. The zero-order valence-corrected chi connectivity index (χ0v) is 18.6. The van der Waals surface area contributed by atoms with Crippen molar-refractivity contribution in [1.29, 1.82) is 0 Å². The van der Waals surface area contributed by atoms with Crippen LogP contribution >= 0.6 is 0 Å². The zero-order valence-electron chi connectivity index (χ0n) is 18.6. The van der Waals surface area contributed by atoms with Crippen LogP contribution in [0.3, 0.4) is 0 Å². The summed E-state index contributed by atoms with van der Waals surface area (Å²) >= 11 is 0. The molecular weight excluding hydrogens is 446 g/mol. The highest BCUT2D eigenvalue weighted by Gasteiger charge is 2.35. The Morgan fingerprint density at radius 2 is 1.69 bits per heavy atom. The monoisotopic (exact) mass is 465 g/mol. The Morgan fingerprint density at radius 1 is 0.943 bits per heavy atom. The van der Waals surface area contributed by atoms with Gasteiger partial charge < -0.3 is 18.8 Å². The lowest BCUT2D eigenvalue weighted by molar-refractivity contribution is -0.135. The summed E-state index contributed by atoms with van der Waals surface area (Å²) in [7, 11) is 1.68. The van der Waals surface area contributed by atoms with Gasteiger partial charge in [0.1, 0.15) is 28.2 Å². The zero-order chi connectivity index (χ0) is 24.3. The minimum atomic E-state index is -0.730. The van der Waals surface area contributed by atoms with Crippen molar-refractivity contribution in [2.24, 2.45) is 7.05 Å². The molecule has 0 amide bonds. The van der Waals surface area contributed by atoms with Crippen molar-refractivity contribution in [3.05, 3.63) is 105 Å². The second-order valence-corrected chi connectivity index (χ2v) is 8.61. The topological polar surface area (TPSA) is 98.7 Å². The molecule has 7 nitrogen and oxygen atoms in total. The molecule has 0 aliphatic carbocycles. The van der Waals surface area contributed by atoms with Crippen molar-refractivity contribution >= 4 is 27.8 Å². The smallest absolute Gasteiger partial charge is 0.312 e. The van der Waals surface area contributed by atoms with Crippen molar-refractivity contribution in [2.45, 2.75) is 12.3 Å². The minimum Gasteiger partial charge on any atom is -0.507 e. The lowest BCUT2D eigenvalue weighted by atomic mass is 9.85. The predicted octanol–water partition coefficient (Wildman–Crippen LogP) is 4.46. The van der Waals surface area contributed by atoms with E-state index in [4.69, 9.17) is 9.15 Å². The summed E-state index contributed by atoms with van der Waals surface area (Å²) in [5, 5.41) is 11.4. The Bertz CT molecular complexity index is 1780. The van der Waals surface area contributed by atoms with Gasteiger partial charge in [0.25, 0.3) is 5.56 Å². The van der Waals surface area contributed by atoms with E-state index in [9.17, 15) is 19.5 Å². The lowest BCUT2D eigenvalue weighted by Crippen LogP contribution is -2.29. The first kappa shape index (κ1) is 20.9. The normalized spacial score (nSPS) is 15.2. The van der Waals surface area contributed by atoms with E-state index in [1.807, 2.05) is 42.5 Å². The number of ether oxygens (including phenoxy) is 1. The van der Waals surface area contributed by atoms with Gasteiger partial charge in [-0.15, -0.1) is 0 Å². The van der Waals surface area contributed by atoms with Crippen molar-refractivity contribution in [1.82, 2.24) is 4.57 Å². The van der Waals surface area contributed by atoms with Gasteiger partial charge in [-0.3, -0.25) is 14.4 Å². The van der Waals surface area contributed by atoms with Crippen LogP contribution in [-0.2, 0) is 11.8 Å². The van der Waals surface area contributed by atoms with Crippen LogP contribution in [0.25, 0.3) is 33.2 Å². The fourth-order valence-corrected chi connectivity index (χ4v) is 4.87. The summed E-state index contributed by atoms with van der Waals surface area (Å²) in [5.74, 6) is -1.25. The number of carbonyl (C=O) groups excluding carboxylic acids is 1. The maximum Gasteiger partial charge on any atom is 0.312 e. The molecule has 1 atom stereocenters. The molecule has 0 fully saturated rings. The molecule has 1 aliphatic rings. The Balaban J connectivity index is 1.70. The molecule has 1 N–H and O–H groups in total. The van der Waals surface area contributed by atoms with Crippen LogP contribution in [-0.4, -0.2) is 15.6 Å². The van der Waals surface area contributed by atoms with E-state index < -0.39 is 17.3 Å². The number of phenolic OH excluding ortho intramolecular Hbond substituents is 1. The molecule has 35 heavy (non-hydrogen) atoms. The minimum absolute atomic E-state index is 0.0241. The van der Waals surface area contributed by atoms with Crippen molar-refractivity contribution in [3.63, 3.8) is 0 Å². The van der Waals surface area contributed by atoms with Crippen molar-refractivity contribution in [2.75, 3.05) is 0 Å². The summed E-state index contributed by atoms with van der Waals surface area (Å²) < 4.78 is 13.2. The molecule has 0 saturated heterocycles. The van der Waals surface area contributed by atoms with Crippen LogP contribution in [0.15, 0.2) is 86.8 Å². The molecule has 5 aromatic rings. The van der Waals surface area contributed by atoms with Gasteiger partial charge in [0, 0.05) is 41.8 Å². The quantitative estimate of drug-likeness (QED) is 0.305. The molecule has 0 saturated carbocycles. The molecule has 6 rings (SSSR count). The van der Waals surface area contributed by atoms with Crippen LogP contribution in [0.2, 0.25) is 0 Å². The molecule has 0 radical (unpaired) electrons. The van der Waals surface area contributed by atoms with Crippen LogP contribution in [0.4, 0.5) is 0 Å². The summed E-state index contributed by atoms with van der Waals surface area (Å²) in [4.78, 5) is 39.1. The molecule has 2 aromatic heterocycles. The maximum atomic E-state index is 13.4.